The van der Waals surface area contributed by atoms with Crippen LogP contribution in [-0.4, -0.2) is 21.7 Å². The molecule has 0 aromatic carbocycles. The Balaban J connectivity index is 2.42. The molecule has 2 aromatic heterocycles. The van der Waals surface area contributed by atoms with Crippen LogP contribution >= 0.6 is 0 Å². The minimum Gasteiger partial charge on any atom is -0.383 e. The van der Waals surface area contributed by atoms with Crippen molar-refractivity contribution < 1.29 is 0 Å². The summed E-state index contributed by atoms with van der Waals surface area (Å²) >= 11 is 0. The molecule has 0 atom stereocenters. The van der Waals surface area contributed by atoms with E-state index in [0.717, 1.165) is 40.8 Å². The Labute approximate surface area is 119 Å². The van der Waals surface area contributed by atoms with E-state index in [0.29, 0.717) is 5.82 Å². The maximum Gasteiger partial charge on any atom is 0.158 e. The summed E-state index contributed by atoms with van der Waals surface area (Å²) in [6.07, 6.45) is 6.99. The number of hydrogen-bond acceptors (Lipinski definition) is 5. The standard InChI is InChI=1S/C15H21N5/c1-4-6-7-8-17-15-12-9-18-14(16)11(5-2)13(12)10(3)19-20-15/h5,9H,2,4,6-8H2,1,3H3,(H2,16,18)(H,17,20). The van der Waals surface area contributed by atoms with Gasteiger partial charge in [0.15, 0.2) is 5.82 Å². The molecule has 106 valence electrons. The van der Waals surface area contributed by atoms with E-state index < -0.39 is 0 Å². The summed E-state index contributed by atoms with van der Waals surface area (Å²) in [5, 5.41) is 13.7. The van der Waals surface area contributed by atoms with Crippen molar-refractivity contribution in [2.75, 3.05) is 17.6 Å². The van der Waals surface area contributed by atoms with Crippen LogP contribution in [0.4, 0.5) is 11.6 Å². The van der Waals surface area contributed by atoms with Crippen LogP contribution in [0.25, 0.3) is 16.8 Å². The highest BCUT2D eigenvalue weighted by Gasteiger charge is 2.12. The van der Waals surface area contributed by atoms with Gasteiger partial charge in [-0.1, -0.05) is 32.4 Å². The lowest BCUT2D eigenvalue weighted by Crippen LogP contribution is -2.07. The van der Waals surface area contributed by atoms with Crippen LogP contribution in [0, 0.1) is 6.92 Å². The van der Waals surface area contributed by atoms with Crippen molar-refractivity contribution in [3.05, 3.63) is 24.0 Å². The molecule has 0 saturated heterocycles. The summed E-state index contributed by atoms with van der Waals surface area (Å²) in [5.74, 6) is 1.23. The number of unbranched alkanes of at least 4 members (excludes halogenated alkanes) is 2. The van der Waals surface area contributed by atoms with Crippen molar-refractivity contribution in [2.24, 2.45) is 0 Å². The van der Waals surface area contributed by atoms with Gasteiger partial charge in [0, 0.05) is 29.1 Å². The van der Waals surface area contributed by atoms with E-state index in [1.54, 1.807) is 12.3 Å². The Hall–Kier alpha value is -2.17. The molecule has 0 aliphatic carbocycles. The molecular formula is C15H21N5. The fourth-order valence-electron chi connectivity index (χ4n) is 2.26. The van der Waals surface area contributed by atoms with Crippen molar-refractivity contribution in [3.63, 3.8) is 0 Å². The van der Waals surface area contributed by atoms with Crippen molar-refractivity contribution in [1.82, 2.24) is 15.2 Å². The van der Waals surface area contributed by atoms with E-state index in [4.69, 9.17) is 5.73 Å². The number of anilines is 2. The molecule has 0 aliphatic heterocycles. The van der Waals surface area contributed by atoms with Crippen LogP contribution in [0.5, 0.6) is 0 Å². The average molecular weight is 271 g/mol. The summed E-state index contributed by atoms with van der Waals surface area (Å²) in [5.41, 5.74) is 7.57. The molecule has 2 rings (SSSR count). The van der Waals surface area contributed by atoms with Gasteiger partial charge in [-0.2, -0.15) is 5.10 Å². The first-order valence-electron chi connectivity index (χ1n) is 6.96. The van der Waals surface area contributed by atoms with E-state index >= 15 is 0 Å². The van der Waals surface area contributed by atoms with E-state index in [9.17, 15) is 0 Å². The van der Waals surface area contributed by atoms with Crippen LogP contribution in [0.2, 0.25) is 0 Å². The minimum absolute atomic E-state index is 0.473. The Morgan fingerprint density at radius 3 is 2.85 bits per heavy atom. The summed E-state index contributed by atoms with van der Waals surface area (Å²) in [4.78, 5) is 4.22. The molecule has 2 heterocycles. The molecule has 20 heavy (non-hydrogen) atoms. The first-order chi connectivity index (χ1) is 9.69. The van der Waals surface area contributed by atoms with Gasteiger partial charge in [0.2, 0.25) is 0 Å². The third-order valence-electron chi connectivity index (χ3n) is 3.34. The Kier molecular flexibility index (Phi) is 4.50. The number of nitrogens with one attached hydrogen (secondary N) is 1. The maximum atomic E-state index is 5.90. The van der Waals surface area contributed by atoms with Crippen LogP contribution in [0.1, 0.15) is 37.4 Å². The molecule has 0 unspecified atom stereocenters. The second-order valence-electron chi connectivity index (χ2n) is 4.82. The van der Waals surface area contributed by atoms with Crippen molar-refractivity contribution in [2.45, 2.75) is 33.1 Å². The number of aromatic nitrogens is 3. The summed E-state index contributed by atoms with van der Waals surface area (Å²) in [7, 11) is 0. The molecule has 5 nitrogen and oxygen atoms in total. The number of hydrogen-bond donors (Lipinski definition) is 2. The van der Waals surface area contributed by atoms with Gasteiger partial charge >= 0.3 is 0 Å². The predicted octanol–water partition coefficient (Wildman–Crippen LogP) is 3.16. The normalized spacial score (nSPS) is 10.7. The van der Waals surface area contributed by atoms with Gasteiger partial charge in [0.25, 0.3) is 0 Å². The molecule has 2 aromatic rings. The molecule has 0 amide bonds. The van der Waals surface area contributed by atoms with Gasteiger partial charge in [0.05, 0.1) is 5.69 Å². The van der Waals surface area contributed by atoms with E-state index in [1.807, 2.05) is 6.92 Å². The predicted molar refractivity (Wildman–Crippen MR) is 84.6 cm³/mol. The zero-order chi connectivity index (χ0) is 14.5. The van der Waals surface area contributed by atoms with Crippen LogP contribution in [-0.2, 0) is 0 Å². The lowest BCUT2D eigenvalue weighted by molar-refractivity contribution is 0.741. The molecule has 5 heteroatoms. The first kappa shape index (κ1) is 14.2. The van der Waals surface area contributed by atoms with Gasteiger partial charge in [-0.05, 0) is 13.3 Å². The summed E-state index contributed by atoms with van der Waals surface area (Å²) < 4.78 is 0. The van der Waals surface area contributed by atoms with Crippen LogP contribution < -0.4 is 11.1 Å². The second kappa shape index (κ2) is 6.32. The lowest BCUT2D eigenvalue weighted by Gasteiger charge is -2.12. The topological polar surface area (TPSA) is 76.7 Å². The fraction of sp³-hybridized carbons (Fsp3) is 0.400. The SMILES string of the molecule is C=Cc1c(N)ncc2c(NCCCCC)nnc(C)c12. The number of nitrogens with two attached hydrogens (primary N) is 1. The minimum atomic E-state index is 0.473. The zero-order valence-corrected chi connectivity index (χ0v) is 12.1. The van der Waals surface area contributed by atoms with Crippen molar-refractivity contribution in [3.8, 4) is 0 Å². The molecule has 0 spiro atoms. The highest BCUT2D eigenvalue weighted by atomic mass is 15.2. The summed E-state index contributed by atoms with van der Waals surface area (Å²) in [6, 6.07) is 0. The van der Waals surface area contributed by atoms with Crippen LogP contribution in [0.15, 0.2) is 12.8 Å². The smallest absolute Gasteiger partial charge is 0.158 e. The molecule has 0 aliphatic rings. The number of aryl methyl sites for hydroxylation is 1. The van der Waals surface area contributed by atoms with Gasteiger partial charge in [-0.3, -0.25) is 0 Å². The quantitative estimate of drug-likeness (QED) is 0.789. The first-order valence-corrected chi connectivity index (χ1v) is 6.96. The van der Waals surface area contributed by atoms with E-state index in [1.165, 1.54) is 12.8 Å². The molecule has 0 radical (unpaired) electrons. The third kappa shape index (κ3) is 2.71. The Bertz CT molecular complexity index is 621. The molecule has 0 saturated carbocycles. The fourth-order valence-corrected chi connectivity index (χ4v) is 2.26. The van der Waals surface area contributed by atoms with Crippen LogP contribution in [0.3, 0.4) is 0 Å². The van der Waals surface area contributed by atoms with E-state index in [-0.39, 0.29) is 0 Å². The molecule has 3 N–H and O–H groups in total. The number of nitrogen functional groups attached to an aromatic ring is 1. The Morgan fingerprint density at radius 1 is 1.35 bits per heavy atom. The highest BCUT2D eigenvalue weighted by molar-refractivity contribution is 6.00. The molecule has 0 bridgehead atoms. The molecular weight excluding hydrogens is 250 g/mol. The number of pyridine rings is 1. The lowest BCUT2D eigenvalue weighted by atomic mass is 10.1. The largest absolute Gasteiger partial charge is 0.383 e. The van der Waals surface area contributed by atoms with Gasteiger partial charge in [-0.15, -0.1) is 5.10 Å². The van der Waals surface area contributed by atoms with Gasteiger partial charge in [-0.25, -0.2) is 4.98 Å². The number of rotatable bonds is 6. The monoisotopic (exact) mass is 271 g/mol. The highest BCUT2D eigenvalue weighted by Crippen LogP contribution is 2.28. The zero-order valence-electron chi connectivity index (χ0n) is 12.1. The van der Waals surface area contributed by atoms with Crippen molar-refractivity contribution in [1.29, 1.82) is 0 Å². The average Bonchev–Trinajstić information content (AvgIpc) is 2.45. The number of fused-ring (bicyclic) bond motifs is 1. The third-order valence-corrected chi connectivity index (χ3v) is 3.34. The van der Waals surface area contributed by atoms with Gasteiger partial charge in [0.1, 0.15) is 5.82 Å². The summed E-state index contributed by atoms with van der Waals surface area (Å²) in [6.45, 7) is 8.80. The maximum absolute atomic E-state index is 5.90. The number of nitrogens with zero attached hydrogens (tertiary/aromatic N) is 3. The molecule has 0 fully saturated rings. The Morgan fingerprint density at radius 2 is 2.15 bits per heavy atom. The van der Waals surface area contributed by atoms with E-state index in [2.05, 4.69) is 34.0 Å². The van der Waals surface area contributed by atoms with Crippen molar-refractivity contribution >= 4 is 28.5 Å². The second-order valence-corrected chi connectivity index (χ2v) is 4.82. The van der Waals surface area contributed by atoms with Gasteiger partial charge < -0.3 is 11.1 Å².